The maximum atomic E-state index is 13.2. The van der Waals surface area contributed by atoms with E-state index in [-0.39, 0.29) is 49.0 Å². The van der Waals surface area contributed by atoms with Gasteiger partial charge in [-0.05, 0) is 30.0 Å². The summed E-state index contributed by atoms with van der Waals surface area (Å²) >= 11 is 0. The van der Waals surface area contributed by atoms with Crippen molar-refractivity contribution < 1.29 is 24.2 Å². The molecule has 2 amide bonds. The van der Waals surface area contributed by atoms with Crippen LogP contribution in [0.3, 0.4) is 0 Å². The second-order valence-corrected chi connectivity index (χ2v) is 8.75. The van der Waals surface area contributed by atoms with Gasteiger partial charge in [0.1, 0.15) is 11.5 Å². The maximum absolute atomic E-state index is 13.2. The molecule has 0 saturated carbocycles. The molecule has 0 spiro atoms. The number of hydrogen-bond acceptors (Lipinski definition) is 6. The molecule has 0 aliphatic heterocycles. The molecule has 2 rings (SSSR count). The second-order valence-electron chi connectivity index (χ2n) is 8.75. The van der Waals surface area contributed by atoms with Gasteiger partial charge in [-0.15, -0.1) is 0 Å². The Labute approximate surface area is 201 Å². The summed E-state index contributed by atoms with van der Waals surface area (Å²) in [6, 6.07) is 6.89. The van der Waals surface area contributed by atoms with E-state index in [9.17, 15) is 9.59 Å². The molecule has 34 heavy (non-hydrogen) atoms. The van der Waals surface area contributed by atoms with Crippen molar-refractivity contribution in [3.63, 3.8) is 0 Å². The molecule has 188 valence electrons. The Bertz CT molecular complexity index is 935. The highest BCUT2D eigenvalue weighted by Gasteiger charge is 2.25. The van der Waals surface area contributed by atoms with Crippen molar-refractivity contribution >= 4 is 11.8 Å². The van der Waals surface area contributed by atoms with Crippen LogP contribution < -0.4 is 20.1 Å². The number of carbonyl (C=O) groups is 2. The summed E-state index contributed by atoms with van der Waals surface area (Å²) in [5.74, 6) is 1.03. The highest BCUT2D eigenvalue weighted by atomic mass is 16.5. The summed E-state index contributed by atoms with van der Waals surface area (Å²) in [5.41, 5.74) is 1.71. The molecule has 9 heteroatoms. The monoisotopic (exact) mass is 474 g/mol. The molecule has 1 heterocycles. The number of ether oxygens (including phenoxy) is 2. The molecular formula is C25H38N4O5. The quantitative estimate of drug-likeness (QED) is 0.411. The number of benzene rings is 1. The molecule has 0 aliphatic rings. The molecule has 2 unspecified atom stereocenters. The number of nitrogens with one attached hydrogen (secondary N) is 2. The maximum Gasteiger partial charge on any atom is 0.272 e. The second kappa shape index (κ2) is 13.0. The summed E-state index contributed by atoms with van der Waals surface area (Å²) in [7, 11) is 3.19. The van der Waals surface area contributed by atoms with E-state index in [1.165, 1.54) is 0 Å². The minimum absolute atomic E-state index is 0.0276. The van der Waals surface area contributed by atoms with Crippen LogP contribution in [0.5, 0.6) is 11.5 Å². The van der Waals surface area contributed by atoms with E-state index in [1.807, 2.05) is 36.7 Å². The van der Waals surface area contributed by atoms with Crippen molar-refractivity contribution in [3.05, 3.63) is 30.0 Å². The van der Waals surface area contributed by atoms with E-state index in [1.54, 1.807) is 20.3 Å². The molecule has 0 bridgehead atoms. The fraction of sp³-hybridized carbons (Fsp3) is 0.560. The van der Waals surface area contributed by atoms with Crippen LogP contribution in [0.1, 0.15) is 51.0 Å². The van der Waals surface area contributed by atoms with Crippen molar-refractivity contribution in [1.82, 2.24) is 20.4 Å². The van der Waals surface area contributed by atoms with Gasteiger partial charge in [0, 0.05) is 25.6 Å². The van der Waals surface area contributed by atoms with Gasteiger partial charge in [-0.1, -0.05) is 40.2 Å². The van der Waals surface area contributed by atoms with Crippen molar-refractivity contribution in [2.45, 2.75) is 53.1 Å². The lowest BCUT2D eigenvalue weighted by Crippen LogP contribution is -2.42. The largest absolute Gasteiger partial charge is 0.496 e. The molecule has 2 aromatic rings. The van der Waals surface area contributed by atoms with Crippen LogP contribution in [0, 0.1) is 11.8 Å². The minimum atomic E-state index is -0.379. The number of rotatable bonds is 13. The zero-order chi connectivity index (χ0) is 25.3. The van der Waals surface area contributed by atoms with Gasteiger partial charge in [-0.3, -0.25) is 14.3 Å². The molecule has 1 aromatic heterocycles. The lowest BCUT2D eigenvalue weighted by molar-refractivity contribution is -0.121. The SMILES string of the molecule is CCC(C)Cn1nc(C(=O)NC(CC(=O)NCCO)C(C)C)cc1-c1c(OC)cccc1OC. The third-order valence-electron chi connectivity index (χ3n) is 5.84. The van der Waals surface area contributed by atoms with Gasteiger partial charge >= 0.3 is 0 Å². The van der Waals surface area contributed by atoms with Gasteiger partial charge in [0.05, 0.1) is 32.1 Å². The predicted molar refractivity (Wildman–Crippen MR) is 131 cm³/mol. The first-order valence-electron chi connectivity index (χ1n) is 11.7. The van der Waals surface area contributed by atoms with Crippen LogP contribution in [-0.2, 0) is 11.3 Å². The number of hydrogen-bond donors (Lipinski definition) is 3. The topological polar surface area (TPSA) is 115 Å². The van der Waals surface area contributed by atoms with Crippen LogP contribution in [0.15, 0.2) is 24.3 Å². The first-order valence-corrected chi connectivity index (χ1v) is 11.7. The van der Waals surface area contributed by atoms with Crippen molar-refractivity contribution in [3.8, 4) is 22.8 Å². The first kappa shape index (κ1) is 27.2. The van der Waals surface area contributed by atoms with Crippen LogP contribution in [0.25, 0.3) is 11.3 Å². The summed E-state index contributed by atoms with van der Waals surface area (Å²) in [4.78, 5) is 25.3. The third kappa shape index (κ3) is 6.96. The van der Waals surface area contributed by atoms with Gasteiger partial charge in [-0.2, -0.15) is 5.10 Å². The number of aromatic nitrogens is 2. The highest BCUT2D eigenvalue weighted by Crippen LogP contribution is 2.39. The van der Waals surface area contributed by atoms with Gasteiger partial charge in [0.2, 0.25) is 5.91 Å². The summed E-state index contributed by atoms with van der Waals surface area (Å²) in [6.45, 7) is 8.80. The van der Waals surface area contributed by atoms with Crippen LogP contribution >= 0.6 is 0 Å². The summed E-state index contributed by atoms with van der Waals surface area (Å²) < 4.78 is 13.0. The zero-order valence-electron chi connectivity index (χ0n) is 21.1. The molecular weight excluding hydrogens is 436 g/mol. The van der Waals surface area contributed by atoms with Crippen molar-refractivity contribution in [1.29, 1.82) is 0 Å². The van der Waals surface area contributed by atoms with E-state index in [0.29, 0.717) is 24.0 Å². The number of amides is 2. The minimum Gasteiger partial charge on any atom is -0.496 e. The average Bonchev–Trinajstić information content (AvgIpc) is 3.24. The fourth-order valence-corrected chi connectivity index (χ4v) is 3.56. The molecule has 0 fully saturated rings. The standard InChI is InChI=1S/C25H38N4O5/c1-7-17(4)15-29-20(24-21(33-5)9-8-10-22(24)34-6)13-19(28-29)25(32)27-18(16(2)3)14-23(31)26-11-12-30/h8-10,13,16-18,30H,7,11-12,14-15H2,1-6H3,(H,26,31)(H,27,32). The molecule has 1 aromatic carbocycles. The Morgan fingerprint density at radius 3 is 2.32 bits per heavy atom. The molecule has 0 saturated heterocycles. The third-order valence-corrected chi connectivity index (χ3v) is 5.84. The first-order chi connectivity index (χ1) is 16.2. The molecule has 0 aliphatic carbocycles. The summed E-state index contributed by atoms with van der Waals surface area (Å²) in [5, 5.41) is 19.1. The summed E-state index contributed by atoms with van der Waals surface area (Å²) in [6.07, 6.45) is 1.08. The number of carbonyl (C=O) groups excluding carboxylic acids is 2. The fourth-order valence-electron chi connectivity index (χ4n) is 3.56. The Kier molecular flexibility index (Phi) is 10.4. The number of methoxy groups -OCH3 is 2. The van der Waals surface area contributed by atoms with Gasteiger partial charge in [0.25, 0.3) is 5.91 Å². The Morgan fingerprint density at radius 1 is 1.15 bits per heavy atom. The van der Waals surface area contributed by atoms with E-state index in [0.717, 1.165) is 17.7 Å². The number of aliphatic hydroxyl groups is 1. The van der Waals surface area contributed by atoms with E-state index < -0.39 is 0 Å². The molecule has 9 nitrogen and oxygen atoms in total. The number of nitrogens with zero attached hydrogens (tertiary/aromatic N) is 2. The van der Waals surface area contributed by atoms with Crippen molar-refractivity contribution in [2.24, 2.45) is 11.8 Å². The van der Waals surface area contributed by atoms with Gasteiger partial charge in [-0.25, -0.2) is 0 Å². The lowest BCUT2D eigenvalue weighted by Gasteiger charge is -2.21. The Hall–Kier alpha value is -3.07. The molecule has 3 N–H and O–H groups in total. The zero-order valence-corrected chi connectivity index (χ0v) is 21.1. The van der Waals surface area contributed by atoms with E-state index >= 15 is 0 Å². The lowest BCUT2D eigenvalue weighted by atomic mass is 10.00. The average molecular weight is 475 g/mol. The van der Waals surface area contributed by atoms with E-state index in [4.69, 9.17) is 14.6 Å². The molecule has 2 atom stereocenters. The predicted octanol–water partition coefficient (Wildman–Crippen LogP) is 2.87. The van der Waals surface area contributed by atoms with E-state index in [2.05, 4.69) is 29.6 Å². The van der Waals surface area contributed by atoms with Crippen LogP contribution in [-0.4, -0.2) is 60.1 Å². The van der Waals surface area contributed by atoms with Gasteiger partial charge < -0.3 is 25.2 Å². The van der Waals surface area contributed by atoms with Crippen LogP contribution in [0.2, 0.25) is 0 Å². The smallest absolute Gasteiger partial charge is 0.272 e. The molecule has 0 radical (unpaired) electrons. The Balaban J connectivity index is 2.41. The highest BCUT2D eigenvalue weighted by molar-refractivity contribution is 5.94. The van der Waals surface area contributed by atoms with Crippen LogP contribution in [0.4, 0.5) is 0 Å². The Morgan fingerprint density at radius 2 is 1.79 bits per heavy atom. The van der Waals surface area contributed by atoms with Gasteiger partial charge in [0.15, 0.2) is 5.69 Å². The van der Waals surface area contributed by atoms with Crippen molar-refractivity contribution in [2.75, 3.05) is 27.4 Å². The number of aliphatic hydroxyl groups excluding tert-OH is 1. The normalized spacial score (nSPS) is 12.8.